The smallest absolute Gasteiger partial charge is 0.195 e. The summed E-state index contributed by atoms with van der Waals surface area (Å²) in [7, 11) is 0. The molecule has 3 heteroatoms. The third-order valence-corrected chi connectivity index (χ3v) is 3.25. The van der Waals surface area contributed by atoms with Gasteiger partial charge in [-0.3, -0.25) is 9.59 Å². The molecule has 1 unspecified atom stereocenters. The molecular weight excluding hydrogens is 204 g/mol. The Morgan fingerprint density at radius 3 is 2.31 bits per heavy atom. The molecular formula is C13H14O3. The van der Waals surface area contributed by atoms with E-state index in [-0.39, 0.29) is 23.9 Å². The van der Waals surface area contributed by atoms with E-state index in [0.29, 0.717) is 11.1 Å². The SMILES string of the molecule is CC(C)C1(O)CC(=O)c2ccccc2C1=O. The van der Waals surface area contributed by atoms with Crippen LogP contribution >= 0.6 is 0 Å². The number of Topliss-reactive ketones (excluding diaryl/α,β-unsaturated/α-hetero) is 2. The zero-order valence-corrected chi connectivity index (χ0v) is 9.36. The average Bonchev–Trinajstić information content (AvgIpc) is 2.26. The molecule has 0 spiro atoms. The first-order valence-electron chi connectivity index (χ1n) is 5.36. The first kappa shape index (κ1) is 11.0. The first-order chi connectivity index (χ1) is 7.47. The Bertz CT molecular complexity index is 462. The van der Waals surface area contributed by atoms with E-state index in [0.717, 1.165) is 0 Å². The predicted molar refractivity (Wildman–Crippen MR) is 59.5 cm³/mol. The van der Waals surface area contributed by atoms with E-state index in [2.05, 4.69) is 0 Å². The number of ketones is 2. The average molecular weight is 218 g/mol. The standard InChI is InChI=1S/C13H14O3/c1-8(2)13(16)7-11(14)9-5-3-4-6-10(9)12(13)15/h3-6,8,16H,7H2,1-2H3. The number of fused-ring (bicyclic) bond motifs is 1. The van der Waals surface area contributed by atoms with Gasteiger partial charge in [0.1, 0.15) is 5.60 Å². The van der Waals surface area contributed by atoms with Crippen molar-refractivity contribution >= 4 is 11.6 Å². The fourth-order valence-electron chi connectivity index (χ4n) is 2.04. The van der Waals surface area contributed by atoms with Crippen molar-refractivity contribution in [3.63, 3.8) is 0 Å². The Balaban J connectivity index is 2.58. The minimum Gasteiger partial charge on any atom is -0.381 e. The van der Waals surface area contributed by atoms with E-state index in [4.69, 9.17) is 0 Å². The number of benzene rings is 1. The van der Waals surface area contributed by atoms with Crippen LogP contribution in [0.1, 0.15) is 41.0 Å². The van der Waals surface area contributed by atoms with Gasteiger partial charge >= 0.3 is 0 Å². The van der Waals surface area contributed by atoms with Crippen LogP contribution in [0.2, 0.25) is 0 Å². The number of aliphatic hydroxyl groups is 1. The minimum atomic E-state index is -1.54. The fraction of sp³-hybridized carbons (Fsp3) is 0.385. The van der Waals surface area contributed by atoms with Crippen LogP contribution in [0, 0.1) is 5.92 Å². The third kappa shape index (κ3) is 1.39. The van der Waals surface area contributed by atoms with Crippen molar-refractivity contribution in [3.05, 3.63) is 35.4 Å². The molecule has 0 saturated heterocycles. The van der Waals surface area contributed by atoms with Crippen LogP contribution in [0.15, 0.2) is 24.3 Å². The Labute approximate surface area is 94.1 Å². The summed E-state index contributed by atoms with van der Waals surface area (Å²) >= 11 is 0. The number of carbonyl (C=O) groups is 2. The van der Waals surface area contributed by atoms with Gasteiger partial charge in [0.2, 0.25) is 0 Å². The first-order valence-corrected chi connectivity index (χ1v) is 5.36. The van der Waals surface area contributed by atoms with Crippen LogP contribution in [-0.4, -0.2) is 22.3 Å². The van der Waals surface area contributed by atoms with Crippen molar-refractivity contribution in [2.45, 2.75) is 25.9 Å². The highest BCUT2D eigenvalue weighted by molar-refractivity contribution is 6.17. The summed E-state index contributed by atoms with van der Waals surface area (Å²) in [5.74, 6) is -0.763. The van der Waals surface area contributed by atoms with Gasteiger partial charge in [-0.1, -0.05) is 38.1 Å². The largest absolute Gasteiger partial charge is 0.381 e. The molecule has 0 amide bonds. The Morgan fingerprint density at radius 2 is 1.75 bits per heavy atom. The number of carbonyl (C=O) groups excluding carboxylic acids is 2. The second-order valence-corrected chi connectivity index (χ2v) is 4.55. The van der Waals surface area contributed by atoms with E-state index in [9.17, 15) is 14.7 Å². The lowest BCUT2D eigenvalue weighted by atomic mass is 9.73. The highest BCUT2D eigenvalue weighted by Crippen LogP contribution is 2.33. The summed E-state index contributed by atoms with van der Waals surface area (Å²) < 4.78 is 0. The molecule has 0 bridgehead atoms. The lowest BCUT2D eigenvalue weighted by Crippen LogP contribution is -2.49. The van der Waals surface area contributed by atoms with Gasteiger partial charge in [0.15, 0.2) is 11.6 Å². The molecule has 1 aromatic carbocycles. The van der Waals surface area contributed by atoms with E-state index in [1.54, 1.807) is 38.1 Å². The summed E-state index contributed by atoms with van der Waals surface area (Å²) in [6.07, 6.45) is -0.111. The highest BCUT2D eigenvalue weighted by atomic mass is 16.3. The molecule has 0 aliphatic heterocycles. The number of hydrogen-bond acceptors (Lipinski definition) is 3. The molecule has 16 heavy (non-hydrogen) atoms. The van der Waals surface area contributed by atoms with Gasteiger partial charge in [0.25, 0.3) is 0 Å². The molecule has 1 aliphatic carbocycles. The summed E-state index contributed by atoms with van der Waals surface area (Å²) in [6, 6.07) is 6.66. The number of rotatable bonds is 1. The summed E-state index contributed by atoms with van der Waals surface area (Å²) in [6.45, 7) is 3.50. The van der Waals surface area contributed by atoms with Crippen molar-refractivity contribution < 1.29 is 14.7 Å². The third-order valence-electron chi connectivity index (χ3n) is 3.25. The highest BCUT2D eigenvalue weighted by Gasteiger charge is 2.46. The van der Waals surface area contributed by atoms with Crippen LogP contribution in [0.3, 0.4) is 0 Å². The second kappa shape index (κ2) is 3.52. The van der Waals surface area contributed by atoms with Crippen molar-refractivity contribution in [1.29, 1.82) is 0 Å². The predicted octanol–water partition coefficient (Wildman–Crippen LogP) is 1.84. The Hall–Kier alpha value is -1.48. The van der Waals surface area contributed by atoms with Crippen LogP contribution in [-0.2, 0) is 0 Å². The maximum Gasteiger partial charge on any atom is 0.195 e. The summed E-state index contributed by atoms with van der Waals surface area (Å²) in [4.78, 5) is 24.0. The van der Waals surface area contributed by atoms with Crippen LogP contribution in [0.25, 0.3) is 0 Å². The molecule has 1 aliphatic rings. The molecule has 0 aromatic heterocycles. The molecule has 0 saturated carbocycles. The van der Waals surface area contributed by atoms with Gasteiger partial charge in [-0.05, 0) is 5.92 Å². The maximum atomic E-state index is 12.1. The molecule has 1 N–H and O–H groups in total. The Kier molecular flexibility index (Phi) is 2.43. The lowest BCUT2D eigenvalue weighted by molar-refractivity contribution is 0.000562. The summed E-state index contributed by atoms with van der Waals surface area (Å²) in [5.41, 5.74) is -0.765. The van der Waals surface area contributed by atoms with Gasteiger partial charge in [-0.15, -0.1) is 0 Å². The molecule has 1 aromatic rings. The maximum absolute atomic E-state index is 12.1. The minimum absolute atomic E-state index is 0.111. The van der Waals surface area contributed by atoms with Gasteiger partial charge in [0.05, 0.1) is 0 Å². The number of hydrogen-bond donors (Lipinski definition) is 1. The van der Waals surface area contributed by atoms with E-state index >= 15 is 0 Å². The molecule has 1 atom stereocenters. The molecule has 2 rings (SSSR count). The molecule has 0 radical (unpaired) electrons. The zero-order chi connectivity index (χ0) is 11.9. The quantitative estimate of drug-likeness (QED) is 0.782. The lowest BCUT2D eigenvalue weighted by Gasteiger charge is -2.34. The van der Waals surface area contributed by atoms with Crippen LogP contribution in [0.4, 0.5) is 0 Å². The molecule has 84 valence electrons. The van der Waals surface area contributed by atoms with Gasteiger partial charge < -0.3 is 5.11 Å². The fourth-order valence-corrected chi connectivity index (χ4v) is 2.04. The van der Waals surface area contributed by atoms with E-state index < -0.39 is 5.60 Å². The van der Waals surface area contributed by atoms with Crippen LogP contribution < -0.4 is 0 Å². The van der Waals surface area contributed by atoms with Crippen molar-refractivity contribution in [3.8, 4) is 0 Å². The van der Waals surface area contributed by atoms with Gasteiger partial charge in [-0.2, -0.15) is 0 Å². The van der Waals surface area contributed by atoms with Crippen molar-refractivity contribution in [1.82, 2.24) is 0 Å². The van der Waals surface area contributed by atoms with Crippen LogP contribution in [0.5, 0.6) is 0 Å². The van der Waals surface area contributed by atoms with E-state index in [1.165, 1.54) is 0 Å². The zero-order valence-electron chi connectivity index (χ0n) is 9.36. The van der Waals surface area contributed by atoms with Gasteiger partial charge in [-0.25, -0.2) is 0 Å². The topological polar surface area (TPSA) is 54.4 Å². The molecule has 0 fully saturated rings. The molecule has 3 nitrogen and oxygen atoms in total. The molecule has 0 heterocycles. The Morgan fingerprint density at radius 1 is 1.19 bits per heavy atom. The van der Waals surface area contributed by atoms with Gasteiger partial charge in [0, 0.05) is 17.5 Å². The van der Waals surface area contributed by atoms with Crippen molar-refractivity contribution in [2.24, 2.45) is 5.92 Å². The van der Waals surface area contributed by atoms with Crippen molar-refractivity contribution in [2.75, 3.05) is 0 Å². The second-order valence-electron chi connectivity index (χ2n) is 4.55. The van der Waals surface area contributed by atoms with E-state index in [1.807, 2.05) is 0 Å². The monoisotopic (exact) mass is 218 g/mol. The summed E-state index contributed by atoms with van der Waals surface area (Å²) in [5, 5.41) is 10.3. The normalized spacial score (nSPS) is 24.8.